The van der Waals surface area contributed by atoms with Crippen LogP contribution in [0.5, 0.6) is 0 Å². The zero-order valence-electron chi connectivity index (χ0n) is 11.5. The normalized spacial score (nSPS) is 23.8. The number of nitrogens with zero attached hydrogens (tertiary/aromatic N) is 3. The predicted octanol–water partition coefficient (Wildman–Crippen LogP) is -0.399. The summed E-state index contributed by atoms with van der Waals surface area (Å²) < 4.78 is 0. The van der Waals surface area contributed by atoms with Crippen LogP contribution in [-0.4, -0.2) is 45.5 Å². The third-order valence-corrected chi connectivity index (χ3v) is 3.11. The molecule has 5 N–H and O–H groups in total. The van der Waals surface area contributed by atoms with Crippen LogP contribution in [0.1, 0.15) is 26.6 Å². The van der Waals surface area contributed by atoms with Gasteiger partial charge in [-0.3, -0.25) is 0 Å². The lowest BCUT2D eigenvalue weighted by Crippen LogP contribution is -2.26. The van der Waals surface area contributed by atoms with Crippen molar-refractivity contribution in [2.45, 2.75) is 38.4 Å². The minimum Gasteiger partial charge on any atom is -0.389 e. The lowest BCUT2D eigenvalue weighted by molar-refractivity contribution is 0.0572. The maximum atomic E-state index is 9.61. The Kier molecular flexibility index (Phi) is 3.62. The lowest BCUT2D eigenvalue weighted by Gasteiger charge is -2.22. The molecule has 7 heteroatoms. The van der Waals surface area contributed by atoms with E-state index in [1.807, 2.05) is 25.7 Å². The van der Waals surface area contributed by atoms with Crippen LogP contribution in [0.3, 0.4) is 0 Å². The standard InChI is InChI=1S/C12H21N5O2/c1-12(2,3)11-14-9(16-13)4-10(15-11)17-5-7(18)8(19)6-17/h4,7-8,18-19H,5-6,13H2,1-3H3,(H,14,15,16). The fraction of sp³-hybridized carbons (Fsp3) is 0.667. The number of anilines is 2. The molecule has 2 atom stereocenters. The van der Waals surface area contributed by atoms with Crippen molar-refractivity contribution in [1.82, 2.24) is 9.97 Å². The predicted molar refractivity (Wildman–Crippen MR) is 72.8 cm³/mol. The van der Waals surface area contributed by atoms with Gasteiger partial charge in [-0.1, -0.05) is 20.8 Å². The van der Waals surface area contributed by atoms with E-state index in [0.717, 1.165) is 0 Å². The lowest BCUT2D eigenvalue weighted by atomic mass is 9.96. The molecule has 2 heterocycles. The summed E-state index contributed by atoms with van der Waals surface area (Å²) in [7, 11) is 0. The van der Waals surface area contributed by atoms with E-state index in [-0.39, 0.29) is 5.41 Å². The van der Waals surface area contributed by atoms with Gasteiger partial charge in [-0.25, -0.2) is 15.8 Å². The number of nitrogens with two attached hydrogens (primary N) is 1. The van der Waals surface area contributed by atoms with Crippen molar-refractivity contribution < 1.29 is 10.2 Å². The van der Waals surface area contributed by atoms with Gasteiger partial charge in [-0.05, 0) is 0 Å². The molecule has 0 amide bonds. The summed E-state index contributed by atoms with van der Waals surface area (Å²) >= 11 is 0. The third-order valence-electron chi connectivity index (χ3n) is 3.11. The summed E-state index contributed by atoms with van der Waals surface area (Å²) in [5.41, 5.74) is 2.31. The van der Waals surface area contributed by atoms with E-state index < -0.39 is 12.2 Å². The fourth-order valence-corrected chi connectivity index (χ4v) is 1.96. The van der Waals surface area contributed by atoms with Gasteiger partial charge in [0.1, 0.15) is 17.5 Å². The van der Waals surface area contributed by atoms with Gasteiger partial charge >= 0.3 is 0 Å². The number of aromatic nitrogens is 2. The van der Waals surface area contributed by atoms with Crippen molar-refractivity contribution in [3.05, 3.63) is 11.9 Å². The van der Waals surface area contributed by atoms with Crippen molar-refractivity contribution in [2.24, 2.45) is 5.84 Å². The highest BCUT2D eigenvalue weighted by molar-refractivity contribution is 5.50. The second kappa shape index (κ2) is 4.92. The van der Waals surface area contributed by atoms with E-state index in [0.29, 0.717) is 30.5 Å². The fourth-order valence-electron chi connectivity index (χ4n) is 1.96. The Labute approximate surface area is 112 Å². The number of hydrazine groups is 1. The summed E-state index contributed by atoms with van der Waals surface area (Å²) in [6, 6.07) is 1.71. The summed E-state index contributed by atoms with van der Waals surface area (Å²) in [5.74, 6) is 7.26. The van der Waals surface area contributed by atoms with Gasteiger partial charge in [0.25, 0.3) is 0 Å². The SMILES string of the molecule is CC(C)(C)c1nc(NN)cc(N2CC(O)C(O)C2)n1. The summed E-state index contributed by atoms with van der Waals surface area (Å²) in [5, 5.41) is 19.2. The van der Waals surface area contributed by atoms with Crippen LogP contribution in [0.25, 0.3) is 0 Å². The smallest absolute Gasteiger partial charge is 0.145 e. The van der Waals surface area contributed by atoms with Crippen molar-refractivity contribution in [1.29, 1.82) is 0 Å². The van der Waals surface area contributed by atoms with Gasteiger partial charge < -0.3 is 20.5 Å². The Morgan fingerprint density at radius 3 is 2.32 bits per heavy atom. The van der Waals surface area contributed by atoms with E-state index in [1.165, 1.54) is 0 Å². The van der Waals surface area contributed by atoms with Gasteiger partial charge in [0.15, 0.2) is 0 Å². The Morgan fingerprint density at radius 1 is 1.26 bits per heavy atom. The molecule has 19 heavy (non-hydrogen) atoms. The van der Waals surface area contributed by atoms with Crippen LogP contribution in [0.15, 0.2) is 6.07 Å². The molecule has 0 saturated carbocycles. The molecule has 106 valence electrons. The molecular formula is C12H21N5O2. The molecule has 1 aromatic rings. The van der Waals surface area contributed by atoms with Gasteiger partial charge in [-0.2, -0.15) is 0 Å². The Balaban J connectivity index is 2.35. The highest BCUT2D eigenvalue weighted by Gasteiger charge is 2.31. The Bertz CT molecular complexity index is 450. The number of aliphatic hydroxyl groups is 2. The van der Waals surface area contributed by atoms with Gasteiger partial charge in [0, 0.05) is 24.6 Å². The second-order valence-electron chi connectivity index (χ2n) is 5.87. The molecule has 1 fully saturated rings. The largest absolute Gasteiger partial charge is 0.389 e. The second-order valence-corrected chi connectivity index (χ2v) is 5.87. The highest BCUT2D eigenvalue weighted by atomic mass is 16.3. The topological polar surface area (TPSA) is 108 Å². The summed E-state index contributed by atoms with van der Waals surface area (Å²) in [6.07, 6.45) is -1.50. The molecule has 0 radical (unpaired) electrons. The Morgan fingerprint density at radius 2 is 1.84 bits per heavy atom. The van der Waals surface area contributed by atoms with Crippen LogP contribution in [0.2, 0.25) is 0 Å². The quantitative estimate of drug-likeness (QED) is 0.426. The zero-order valence-corrected chi connectivity index (χ0v) is 11.5. The number of nitrogen functional groups attached to an aromatic ring is 1. The van der Waals surface area contributed by atoms with E-state index in [2.05, 4.69) is 15.4 Å². The maximum absolute atomic E-state index is 9.61. The van der Waals surface area contributed by atoms with Crippen LogP contribution in [0.4, 0.5) is 11.6 Å². The van der Waals surface area contributed by atoms with Crippen molar-refractivity contribution in [2.75, 3.05) is 23.4 Å². The molecule has 2 unspecified atom stereocenters. The minimum atomic E-state index is -0.748. The van der Waals surface area contributed by atoms with Crippen molar-refractivity contribution in [3.8, 4) is 0 Å². The number of aliphatic hydroxyl groups excluding tert-OH is 2. The van der Waals surface area contributed by atoms with E-state index >= 15 is 0 Å². The van der Waals surface area contributed by atoms with E-state index in [1.54, 1.807) is 6.07 Å². The first-order chi connectivity index (χ1) is 8.81. The first-order valence-corrected chi connectivity index (χ1v) is 6.28. The van der Waals surface area contributed by atoms with Gasteiger partial charge in [0.05, 0.1) is 12.2 Å². The molecule has 1 saturated heterocycles. The summed E-state index contributed by atoms with van der Waals surface area (Å²) in [6.45, 7) is 6.75. The number of hydrogen-bond donors (Lipinski definition) is 4. The average molecular weight is 267 g/mol. The number of rotatable bonds is 2. The number of β-amino-alcohol motifs (C(OH)–C–C–N with tert-alkyl or cyclic N) is 2. The molecule has 0 bridgehead atoms. The molecule has 0 spiro atoms. The monoisotopic (exact) mass is 267 g/mol. The summed E-state index contributed by atoms with van der Waals surface area (Å²) in [4.78, 5) is 10.7. The maximum Gasteiger partial charge on any atom is 0.145 e. The van der Waals surface area contributed by atoms with Gasteiger partial charge in [-0.15, -0.1) is 0 Å². The molecule has 7 nitrogen and oxygen atoms in total. The zero-order chi connectivity index (χ0) is 14.2. The van der Waals surface area contributed by atoms with Gasteiger partial charge in [0.2, 0.25) is 0 Å². The van der Waals surface area contributed by atoms with Crippen molar-refractivity contribution in [3.63, 3.8) is 0 Å². The van der Waals surface area contributed by atoms with Crippen LogP contribution < -0.4 is 16.2 Å². The van der Waals surface area contributed by atoms with E-state index in [9.17, 15) is 10.2 Å². The van der Waals surface area contributed by atoms with Crippen LogP contribution in [0, 0.1) is 0 Å². The highest BCUT2D eigenvalue weighted by Crippen LogP contribution is 2.25. The first kappa shape index (κ1) is 14.0. The van der Waals surface area contributed by atoms with Crippen LogP contribution in [-0.2, 0) is 5.41 Å². The minimum absolute atomic E-state index is 0.210. The molecule has 1 aliphatic rings. The molecular weight excluding hydrogens is 246 g/mol. The van der Waals surface area contributed by atoms with E-state index in [4.69, 9.17) is 5.84 Å². The molecule has 0 aromatic carbocycles. The molecule has 2 rings (SSSR count). The van der Waals surface area contributed by atoms with Crippen molar-refractivity contribution >= 4 is 11.6 Å². The third kappa shape index (κ3) is 2.94. The average Bonchev–Trinajstić information content (AvgIpc) is 2.68. The Hall–Kier alpha value is -1.44. The first-order valence-electron chi connectivity index (χ1n) is 6.28. The molecule has 1 aliphatic heterocycles. The molecule has 0 aliphatic carbocycles. The number of nitrogens with one attached hydrogen (secondary N) is 1. The van der Waals surface area contributed by atoms with Crippen LogP contribution >= 0.6 is 0 Å². The molecule has 1 aromatic heterocycles. The number of hydrogen-bond acceptors (Lipinski definition) is 7.